The minimum absolute atomic E-state index is 0.156. The van der Waals surface area contributed by atoms with Gasteiger partial charge in [-0.3, -0.25) is 4.72 Å². The van der Waals surface area contributed by atoms with E-state index >= 15 is 0 Å². The van der Waals surface area contributed by atoms with E-state index in [0.29, 0.717) is 12.4 Å². The molecule has 0 saturated heterocycles. The van der Waals surface area contributed by atoms with Gasteiger partial charge in [0.25, 0.3) is 10.0 Å². The van der Waals surface area contributed by atoms with Gasteiger partial charge in [0.2, 0.25) is 0 Å². The van der Waals surface area contributed by atoms with Crippen LogP contribution in [0.4, 0.5) is 11.6 Å². The highest BCUT2D eigenvalue weighted by atomic mass is 32.2. The van der Waals surface area contributed by atoms with Crippen LogP contribution in [0.3, 0.4) is 0 Å². The monoisotopic (exact) mass is 358 g/mol. The first-order valence-corrected chi connectivity index (χ1v) is 9.27. The van der Waals surface area contributed by atoms with Crippen molar-refractivity contribution in [1.29, 1.82) is 0 Å². The highest BCUT2D eigenvalue weighted by molar-refractivity contribution is 7.92. The summed E-state index contributed by atoms with van der Waals surface area (Å²) in [6.45, 7) is 2.48. The van der Waals surface area contributed by atoms with E-state index in [4.69, 9.17) is 4.42 Å². The highest BCUT2D eigenvalue weighted by Gasteiger charge is 2.15. The lowest BCUT2D eigenvalue weighted by Gasteiger charge is -2.08. The fourth-order valence-electron chi connectivity index (χ4n) is 2.17. The molecule has 0 bridgehead atoms. The molecule has 8 heteroatoms. The van der Waals surface area contributed by atoms with Crippen LogP contribution < -0.4 is 10.0 Å². The molecule has 0 radical (unpaired) electrons. The van der Waals surface area contributed by atoms with Crippen LogP contribution in [0.25, 0.3) is 0 Å². The summed E-state index contributed by atoms with van der Waals surface area (Å²) in [7, 11) is -3.69. The highest BCUT2D eigenvalue weighted by Crippen LogP contribution is 2.16. The fourth-order valence-corrected chi connectivity index (χ4v) is 3.17. The number of aromatic nitrogens is 2. The number of benzene rings is 1. The van der Waals surface area contributed by atoms with Gasteiger partial charge in [0.05, 0.1) is 17.7 Å². The van der Waals surface area contributed by atoms with Crippen LogP contribution in [0.5, 0.6) is 0 Å². The van der Waals surface area contributed by atoms with Crippen molar-refractivity contribution in [2.45, 2.75) is 24.8 Å². The molecule has 0 aliphatic carbocycles. The van der Waals surface area contributed by atoms with E-state index in [1.165, 1.54) is 0 Å². The Bertz CT molecular complexity index is 906. The van der Waals surface area contributed by atoms with Crippen molar-refractivity contribution < 1.29 is 12.8 Å². The van der Waals surface area contributed by atoms with Crippen LogP contribution in [-0.4, -0.2) is 18.6 Å². The number of rotatable bonds is 7. The molecule has 0 amide bonds. The summed E-state index contributed by atoms with van der Waals surface area (Å²) in [5.74, 6) is 1.44. The Labute approximate surface area is 146 Å². The zero-order valence-electron chi connectivity index (χ0n) is 13.6. The van der Waals surface area contributed by atoms with Crippen LogP contribution in [-0.2, 0) is 23.0 Å². The zero-order chi connectivity index (χ0) is 17.7. The van der Waals surface area contributed by atoms with Crippen molar-refractivity contribution >= 4 is 21.7 Å². The summed E-state index contributed by atoms with van der Waals surface area (Å²) in [5.41, 5.74) is 1.07. The zero-order valence-corrected chi connectivity index (χ0v) is 14.5. The third kappa shape index (κ3) is 4.36. The van der Waals surface area contributed by atoms with Gasteiger partial charge in [-0.2, -0.15) is 0 Å². The van der Waals surface area contributed by atoms with Gasteiger partial charge in [-0.15, -0.1) is 10.2 Å². The summed E-state index contributed by atoms with van der Waals surface area (Å²) < 4.78 is 32.3. The van der Waals surface area contributed by atoms with Crippen molar-refractivity contribution in [3.05, 3.63) is 66.1 Å². The van der Waals surface area contributed by atoms with Gasteiger partial charge in [-0.1, -0.05) is 19.1 Å². The SMILES string of the molecule is CCc1ccc(S(=O)(=O)Nc2ccc(NCc3ccco3)nn2)cc1. The molecule has 0 fully saturated rings. The molecule has 7 nitrogen and oxygen atoms in total. The second-order valence-electron chi connectivity index (χ2n) is 5.34. The second-order valence-corrected chi connectivity index (χ2v) is 7.02. The lowest BCUT2D eigenvalue weighted by atomic mass is 10.2. The van der Waals surface area contributed by atoms with E-state index < -0.39 is 10.0 Å². The van der Waals surface area contributed by atoms with E-state index in [1.807, 2.05) is 13.0 Å². The lowest BCUT2D eigenvalue weighted by Crippen LogP contribution is -2.14. The van der Waals surface area contributed by atoms with Gasteiger partial charge in [0, 0.05) is 0 Å². The van der Waals surface area contributed by atoms with Crippen molar-refractivity contribution in [3.8, 4) is 0 Å². The molecule has 2 aromatic heterocycles. The summed E-state index contributed by atoms with van der Waals surface area (Å²) >= 11 is 0. The van der Waals surface area contributed by atoms with Crippen LogP contribution in [0.1, 0.15) is 18.2 Å². The molecule has 2 heterocycles. The Morgan fingerprint density at radius 3 is 2.32 bits per heavy atom. The standard InChI is InChI=1S/C17H18N4O3S/c1-2-13-5-7-15(8-6-13)25(22,23)21-17-10-9-16(19-20-17)18-12-14-4-3-11-24-14/h3-11H,2,12H2,1H3,(H,18,19)(H,20,21). The minimum Gasteiger partial charge on any atom is -0.467 e. The number of nitrogens with zero attached hydrogens (tertiary/aromatic N) is 2. The molecular weight excluding hydrogens is 340 g/mol. The third-order valence-electron chi connectivity index (χ3n) is 3.57. The Kier molecular flexibility index (Phi) is 4.99. The van der Waals surface area contributed by atoms with Crippen LogP contribution in [0.2, 0.25) is 0 Å². The lowest BCUT2D eigenvalue weighted by molar-refractivity contribution is 0.517. The largest absolute Gasteiger partial charge is 0.467 e. The van der Waals surface area contributed by atoms with E-state index in [9.17, 15) is 8.42 Å². The normalized spacial score (nSPS) is 11.2. The first-order valence-electron chi connectivity index (χ1n) is 7.78. The average molecular weight is 358 g/mol. The number of anilines is 2. The predicted octanol–water partition coefficient (Wildman–Crippen LogP) is 3.04. The Morgan fingerprint density at radius 1 is 1.00 bits per heavy atom. The topological polar surface area (TPSA) is 97.1 Å². The minimum atomic E-state index is -3.69. The second kappa shape index (κ2) is 7.35. The van der Waals surface area contributed by atoms with Gasteiger partial charge >= 0.3 is 0 Å². The maximum absolute atomic E-state index is 12.4. The number of nitrogens with one attached hydrogen (secondary N) is 2. The van der Waals surface area contributed by atoms with E-state index in [2.05, 4.69) is 20.2 Å². The van der Waals surface area contributed by atoms with E-state index in [-0.39, 0.29) is 10.7 Å². The molecule has 130 valence electrons. The summed E-state index contributed by atoms with van der Waals surface area (Å²) in [4.78, 5) is 0.187. The number of hydrogen-bond donors (Lipinski definition) is 2. The van der Waals surface area contributed by atoms with Gasteiger partial charge in [0.1, 0.15) is 11.6 Å². The average Bonchev–Trinajstić information content (AvgIpc) is 3.14. The molecule has 3 rings (SSSR count). The van der Waals surface area contributed by atoms with Crippen LogP contribution in [0, 0.1) is 0 Å². The number of aryl methyl sites for hydroxylation is 1. The molecule has 0 spiro atoms. The van der Waals surface area contributed by atoms with Crippen molar-refractivity contribution in [2.24, 2.45) is 0 Å². The number of furan rings is 1. The first kappa shape index (κ1) is 17.0. The van der Waals surface area contributed by atoms with Crippen LogP contribution >= 0.6 is 0 Å². The molecular formula is C17H18N4O3S. The molecule has 0 atom stereocenters. The Balaban J connectivity index is 1.65. The van der Waals surface area contributed by atoms with E-state index in [1.54, 1.807) is 48.7 Å². The molecule has 3 aromatic rings. The predicted molar refractivity (Wildman–Crippen MR) is 94.7 cm³/mol. The number of sulfonamides is 1. The number of hydrogen-bond acceptors (Lipinski definition) is 6. The van der Waals surface area contributed by atoms with Gasteiger partial charge in [-0.05, 0) is 48.4 Å². The fraction of sp³-hybridized carbons (Fsp3) is 0.176. The summed E-state index contributed by atoms with van der Waals surface area (Å²) in [6, 6.07) is 13.6. The molecule has 0 aliphatic rings. The Hall–Kier alpha value is -2.87. The molecule has 1 aromatic carbocycles. The van der Waals surface area contributed by atoms with Gasteiger partial charge in [0.15, 0.2) is 5.82 Å². The molecule has 2 N–H and O–H groups in total. The third-order valence-corrected chi connectivity index (χ3v) is 4.94. The van der Waals surface area contributed by atoms with Gasteiger partial charge < -0.3 is 9.73 Å². The Morgan fingerprint density at radius 2 is 1.72 bits per heavy atom. The van der Waals surface area contributed by atoms with Gasteiger partial charge in [-0.25, -0.2) is 8.42 Å². The summed E-state index contributed by atoms with van der Waals surface area (Å²) in [6.07, 6.45) is 2.44. The maximum Gasteiger partial charge on any atom is 0.263 e. The molecule has 25 heavy (non-hydrogen) atoms. The smallest absolute Gasteiger partial charge is 0.263 e. The van der Waals surface area contributed by atoms with Crippen molar-refractivity contribution in [2.75, 3.05) is 10.0 Å². The quantitative estimate of drug-likeness (QED) is 0.674. The molecule has 0 aliphatic heterocycles. The molecule has 0 unspecified atom stereocenters. The molecule has 0 saturated carbocycles. The van der Waals surface area contributed by atoms with Crippen LogP contribution in [0.15, 0.2) is 64.1 Å². The first-order chi connectivity index (χ1) is 12.1. The summed E-state index contributed by atoms with van der Waals surface area (Å²) in [5, 5.41) is 10.9. The maximum atomic E-state index is 12.4. The van der Waals surface area contributed by atoms with Crippen molar-refractivity contribution in [3.63, 3.8) is 0 Å². The van der Waals surface area contributed by atoms with E-state index in [0.717, 1.165) is 17.7 Å². The van der Waals surface area contributed by atoms with Crippen molar-refractivity contribution in [1.82, 2.24) is 10.2 Å².